The lowest BCUT2D eigenvalue weighted by atomic mass is 9.77. The largest absolute Gasteiger partial charge is 0.497 e. The molecule has 186 valence electrons. The zero-order chi connectivity index (χ0) is 26.1. The van der Waals surface area contributed by atoms with E-state index in [-0.39, 0.29) is 25.7 Å². The lowest BCUT2D eigenvalue weighted by Crippen LogP contribution is -2.33. The zero-order valence-electron chi connectivity index (χ0n) is 19.4. The second kappa shape index (κ2) is 8.74. The van der Waals surface area contributed by atoms with Crippen LogP contribution in [0.5, 0.6) is 17.2 Å². The van der Waals surface area contributed by atoms with E-state index in [9.17, 15) is 4.79 Å². The molecule has 2 aliphatic rings. The smallest absolute Gasteiger partial charge is 0.341 e. The molecular weight excluding hydrogens is 556 g/mol. The summed E-state index contributed by atoms with van der Waals surface area (Å²) in [7, 11) is 3.51. The molecule has 5 nitrogen and oxygen atoms in total. The van der Waals surface area contributed by atoms with Gasteiger partial charge in [-0.05, 0) is 36.4 Å². The third-order valence-electron chi connectivity index (χ3n) is 6.73. The normalized spacial score (nSPS) is 17.0. The van der Waals surface area contributed by atoms with Crippen molar-refractivity contribution in [1.82, 2.24) is 0 Å². The van der Waals surface area contributed by atoms with Gasteiger partial charge >= 0.3 is 5.97 Å². The van der Waals surface area contributed by atoms with E-state index in [1.165, 1.54) is 0 Å². The highest BCUT2D eigenvalue weighted by Crippen LogP contribution is 2.61. The maximum absolute atomic E-state index is 13.3. The van der Waals surface area contributed by atoms with Crippen molar-refractivity contribution >= 4 is 63.7 Å². The molecule has 9 heteroatoms. The van der Waals surface area contributed by atoms with Gasteiger partial charge in [0.15, 0.2) is 5.60 Å². The third-order valence-corrected chi connectivity index (χ3v) is 8.53. The summed E-state index contributed by atoms with van der Waals surface area (Å²) in [6, 6.07) is 20.8. The van der Waals surface area contributed by atoms with Crippen molar-refractivity contribution in [2.45, 2.75) is 5.60 Å². The van der Waals surface area contributed by atoms with Gasteiger partial charge in [-0.2, -0.15) is 0 Å². The highest BCUT2D eigenvalue weighted by atomic mass is 35.5. The van der Waals surface area contributed by atoms with Gasteiger partial charge in [-0.3, -0.25) is 0 Å². The maximum atomic E-state index is 13.3. The lowest BCUT2D eigenvalue weighted by Gasteiger charge is -2.37. The Morgan fingerprint density at radius 3 is 2.14 bits per heavy atom. The Morgan fingerprint density at radius 2 is 1.43 bits per heavy atom. The monoisotopic (exact) mass is 571 g/mol. The van der Waals surface area contributed by atoms with E-state index in [0.29, 0.717) is 33.9 Å². The summed E-state index contributed by atoms with van der Waals surface area (Å²) in [5.74, 6) is 0.809. The summed E-state index contributed by atoms with van der Waals surface area (Å²) < 4.78 is 18.0. The summed E-state index contributed by atoms with van der Waals surface area (Å²) in [6.45, 7) is 0. The van der Waals surface area contributed by atoms with Gasteiger partial charge in [0.05, 0.1) is 32.8 Å². The van der Waals surface area contributed by atoms with Crippen LogP contribution in [0.25, 0.3) is 0 Å². The Morgan fingerprint density at radius 1 is 0.784 bits per heavy atom. The first-order valence-electron chi connectivity index (χ1n) is 11.2. The summed E-state index contributed by atoms with van der Waals surface area (Å²) in [6.07, 6.45) is 0. The first kappa shape index (κ1) is 24.3. The molecule has 4 aromatic rings. The number of carbonyl (C=O) groups excluding carboxylic acids is 1. The summed E-state index contributed by atoms with van der Waals surface area (Å²) in [5, 5.41) is 0.0879. The fourth-order valence-corrected chi connectivity index (χ4v) is 6.00. The van der Waals surface area contributed by atoms with Crippen LogP contribution in [0.15, 0.2) is 66.7 Å². The molecule has 6 rings (SSSR count). The molecule has 1 unspecified atom stereocenters. The van der Waals surface area contributed by atoms with Crippen molar-refractivity contribution < 1.29 is 19.0 Å². The van der Waals surface area contributed by atoms with E-state index in [0.717, 1.165) is 11.4 Å². The number of benzene rings is 4. The predicted molar refractivity (Wildman–Crippen MR) is 146 cm³/mol. The van der Waals surface area contributed by atoms with E-state index in [1.807, 2.05) is 60.5 Å². The van der Waals surface area contributed by atoms with Crippen LogP contribution in [0.1, 0.15) is 27.0 Å². The number of nitrogens with zero attached hydrogens (tertiary/aromatic N) is 1. The van der Waals surface area contributed by atoms with Gasteiger partial charge in [0.25, 0.3) is 0 Å². The zero-order valence-corrected chi connectivity index (χ0v) is 22.5. The number of halogens is 4. The van der Waals surface area contributed by atoms with Gasteiger partial charge in [-0.25, -0.2) is 4.79 Å². The van der Waals surface area contributed by atoms with E-state index < -0.39 is 11.6 Å². The molecule has 1 spiro atoms. The van der Waals surface area contributed by atoms with Crippen LogP contribution in [-0.2, 0) is 10.3 Å². The number of para-hydroxylation sites is 1. The molecule has 0 radical (unpaired) electrons. The van der Waals surface area contributed by atoms with Gasteiger partial charge in [-0.1, -0.05) is 64.6 Å². The topological polar surface area (TPSA) is 48.0 Å². The molecule has 0 N–H and O–H groups in total. The van der Waals surface area contributed by atoms with E-state index in [2.05, 4.69) is 0 Å². The molecule has 1 atom stereocenters. The minimum Gasteiger partial charge on any atom is -0.497 e. The van der Waals surface area contributed by atoms with Crippen molar-refractivity contribution in [3.05, 3.63) is 109 Å². The van der Waals surface area contributed by atoms with Crippen molar-refractivity contribution in [1.29, 1.82) is 0 Å². The lowest BCUT2D eigenvalue weighted by molar-refractivity contribution is 0.0224. The molecule has 0 bridgehead atoms. The number of carbonyl (C=O) groups is 1. The van der Waals surface area contributed by atoms with E-state index in [4.69, 9.17) is 60.6 Å². The number of anilines is 2. The molecular formula is C28H17Cl4NO4. The van der Waals surface area contributed by atoms with Gasteiger partial charge in [-0.15, -0.1) is 0 Å². The first-order chi connectivity index (χ1) is 17.8. The third kappa shape index (κ3) is 3.42. The van der Waals surface area contributed by atoms with Crippen LogP contribution in [-0.4, -0.2) is 20.1 Å². The minimum atomic E-state index is -1.47. The average molecular weight is 573 g/mol. The number of esters is 1. The molecule has 0 saturated heterocycles. The Labute approximate surface area is 233 Å². The summed E-state index contributed by atoms with van der Waals surface area (Å²) >= 11 is 26.1. The van der Waals surface area contributed by atoms with Crippen molar-refractivity contribution in [2.75, 3.05) is 19.1 Å². The number of hydrogen-bond acceptors (Lipinski definition) is 5. The molecule has 0 amide bonds. The molecule has 4 aromatic carbocycles. The van der Waals surface area contributed by atoms with Crippen LogP contribution in [0.4, 0.5) is 11.4 Å². The highest BCUT2D eigenvalue weighted by Gasteiger charge is 2.56. The molecule has 2 aliphatic heterocycles. The van der Waals surface area contributed by atoms with Crippen LogP contribution < -0.4 is 14.4 Å². The Hall–Kier alpha value is -3.09. The Kier molecular flexibility index (Phi) is 5.73. The number of ether oxygens (including phenoxy) is 3. The van der Waals surface area contributed by atoms with Gasteiger partial charge in [0, 0.05) is 47.2 Å². The van der Waals surface area contributed by atoms with Gasteiger partial charge < -0.3 is 19.1 Å². The van der Waals surface area contributed by atoms with Crippen LogP contribution >= 0.6 is 46.4 Å². The second-order valence-corrected chi connectivity index (χ2v) is 10.1. The molecule has 0 aliphatic carbocycles. The number of rotatable bonds is 3. The van der Waals surface area contributed by atoms with Crippen LogP contribution in [0.3, 0.4) is 0 Å². The number of methoxy groups -OCH3 is 1. The standard InChI is InChI=1S/C28H17Cl4NO4/c1-33(14-6-4-3-5-7-14)15-8-10-17-19(12-15)36-20-13-16(35-2)9-11-18(20)28(17)22-21(27(34)37-28)23(29)25(31)26(32)24(22)30/h3-13H,1-2H3. The number of fused-ring (bicyclic) bond motifs is 6. The van der Waals surface area contributed by atoms with Crippen molar-refractivity contribution in [3.8, 4) is 17.2 Å². The molecule has 2 heterocycles. The summed E-state index contributed by atoms with van der Waals surface area (Å²) in [4.78, 5) is 15.4. The van der Waals surface area contributed by atoms with Crippen molar-refractivity contribution in [3.63, 3.8) is 0 Å². The van der Waals surface area contributed by atoms with Gasteiger partial charge in [0.2, 0.25) is 0 Å². The molecule has 0 fully saturated rings. The Balaban J connectivity index is 1.65. The predicted octanol–water partition coefficient (Wildman–Crippen LogP) is 8.64. The van der Waals surface area contributed by atoms with Crippen LogP contribution in [0, 0.1) is 0 Å². The fraction of sp³-hybridized carbons (Fsp3) is 0.107. The first-order valence-corrected chi connectivity index (χ1v) is 12.7. The second-order valence-electron chi connectivity index (χ2n) is 8.62. The average Bonchev–Trinajstić information content (AvgIpc) is 3.23. The molecule has 0 saturated carbocycles. The van der Waals surface area contributed by atoms with Crippen molar-refractivity contribution in [2.24, 2.45) is 0 Å². The van der Waals surface area contributed by atoms with E-state index >= 15 is 0 Å². The maximum Gasteiger partial charge on any atom is 0.341 e. The molecule has 0 aromatic heterocycles. The highest BCUT2D eigenvalue weighted by molar-refractivity contribution is 6.53. The fourth-order valence-electron chi connectivity index (χ4n) is 4.94. The Bertz CT molecular complexity index is 1610. The number of hydrogen-bond donors (Lipinski definition) is 0. The SMILES string of the molecule is COc1ccc2c(c1)Oc1cc(N(C)c3ccccc3)ccc1C21OC(=O)c2c(Cl)c(Cl)c(Cl)c(Cl)c21. The molecule has 37 heavy (non-hydrogen) atoms. The van der Waals surface area contributed by atoms with Crippen LogP contribution in [0.2, 0.25) is 20.1 Å². The summed E-state index contributed by atoms with van der Waals surface area (Å²) in [5.41, 5.74) is 1.88. The minimum absolute atomic E-state index is 0.0110. The van der Waals surface area contributed by atoms with E-state index in [1.54, 1.807) is 25.3 Å². The quantitative estimate of drug-likeness (QED) is 0.140. The van der Waals surface area contributed by atoms with Gasteiger partial charge in [0.1, 0.15) is 17.2 Å².